The van der Waals surface area contributed by atoms with Gasteiger partial charge in [0.15, 0.2) is 0 Å². The lowest BCUT2D eigenvalue weighted by molar-refractivity contribution is 0.0946. The number of nitrogens with one attached hydrogen (secondary N) is 2. The smallest absolute Gasteiger partial charge is 0.269 e. The van der Waals surface area contributed by atoms with Gasteiger partial charge >= 0.3 is 0 Å². The van der Waals surface area contributed by atoms with Crippen LogP contribution in [0, 0.1) is 0 Å². The molecule has 112 valence electrons. The van der Waals surface area contributed by atoms with Crippen molar-refractivity contribution in [1.82, 2.24) is 15.3 Å². The number of thiazole rings is 1. The van der Waals surface area contributed by atoms with E-state index in [2.05, 4.69) is 27.5 Å². The van der Waals surface area contributed by atoms with E-state index in [4.69, 9.17) is 0 Å². The number of anilines is 1. The summed E-state index contributed by atoms with van der Waals surface area (Å²) >= 11 is 1.60. The Morgan fingerprint density at radius 1 is 1.38 bits per heavy atom. The fraction of sp³-hybridized carbons (Fsp3) is 0.400. The van der Waals surface area contributed by atoms with Gasteiger partial charge in [0.2, 0.25) is 0 Å². The highest BCUT2D eigenvalue weighted by Crippen LogP contribution is 2.16. The Morgan fingerprint density at radius 2 is 2.24 bits per heavy atom. The van der Waals surface area contributed by atoms with Crippen LogP contribution >= 0.6 is 11.3 Å². The van der Waals surface area contributed by atoms with Gasteiger partial charge in [0.1, 0.15) is 5.69 Å². The number of nitrogens with zero attached hydrogens (tertiary/aromatic N) is 2. The summed E-state index contributed by atoms with van der Waals surface area (Å²) in [7, 11) is 0. The Balaban J connectivity index is 1.85. The maximum atomic E-state index is 12.0. The van der Waals surface area contributed by atoms with Gasteiger partial charge in [-0.25, -0.2) is 9.97 Å². The molecule has 1 amide bonds. The molecule has 5 nitrogen and oxygen atoms in total. The second-order valence-corrected chi connectivity index (χ2v) is 5.77. The third-order valence-electron chi connectivity index (χ3n) is 3.02. The van der Waals surface area contributed by atoms with Gasteiger partial charge in [0.05, 0.1) is 16.9 Å². The van der Waals surface area contributed by atoms with Crippen LogP contribution in [0.4, 0.5) is 5.69 Å². The fourth-order valence-corrected chi connectivity index (χ4v) is 2.50. The number of carbonyl (C=O) groups excluding carboxylic acids is 1. The second kappa shape index (κ2) is 7.73. The van der Waals surface area contributed by atoms with E-state index < -0.39 is 0 Å². The van der Waals surface area contributed by atoms with E-state index in [9.17, 15) is 4.79 Å². The largest absolute Gasteiger partial charge is 0.384 e. The highest BCUT2D eigenvalue weighted by Gasteiger charge is 2.12. The Hall–Kier alpha value is -1.95. The van der Waals surface area contributed by atoms with Gasteiger partial charge in [0.25, 0.3) is 5.91 Å². The highest BCUT2D eigenvalue weighted by atomic mass is 32.1. The summed E-state index contributed by atoms with van der Waals surface area (Å²) in [6.45, 7) is 5.61. The average molecular weight is 304 g/mol. The Morgan fingerprint density at radius 3 is 2.86 bits per heavy atom. The van der Waals surface area contributed by atoms with Gasteiger partial charge < -0.3 is 10.6 Å². The number of aromatic nitrogens is 2. The topological polar surface area (TPSA) is 66.9 Å². The molecule has 0 aromatic carbocycles. The molecule has 0 radical (unpaired) electrons. The lowest BCUT2D eigenvalue weighted by Gasteiger charge is -2.10. The Labute approximate surface area is 128 Å². The molecule has 2 heterocycles. The highest BCUT2D eigenvalue weighted by molar-refractivity contribution is 7.09. The van der Waals surface area contributed by atoms with E-state index in [0.717, 1.165) is 23.7 Å². The van der Waals surface area contributed by atoms with Crippen molar-refractivity contribution in [2.45, 2.75) is 26.2 Å². The van der Waals surface area contributed by atoms with Crippen molar-refractivity contribution in [2.75, 3.05) is 18.4 Å². The first-order chi connectivity index (χ1) is 10.2. The number of carbonyl (C=O) groups is 1. The summed E-state index contributed by atoms with van der Waals surface area (Å²) in [6, 6.07) is 3.61. The Kier molecular flexibility index (Phi) is 5.68. The first-order valence-electron chi connectivity index (χ1n) is 7.08. The van der Waals surface area contributed by atoms with Crippen LogP contribution in [0.15, 0.2) is 29.9 Å². The monoisotopic (exact) mass is 304 g/mol. The molecule has 6 heteroatoms. The zero-order valence-corrected chi connectivity index (χ0v) is 13.1. The average Bonchev–Trinajstić information content (AvgIpc) is 3.05. The molecule has 0 aliphatic rings. The van der Waals surface area contributed by atoms with E-state index in [1.807, 2.05) is 18.4 Å². The number of pyridine rings is 1. The van der Waals surface area contributed by atoms with Gasteiger partial charge in [-0.3, -0.25) is 4.79 Å². The minimum Gasteiger partial charge on any atom is -0.384 e. The summed E-state index contributed by atoms with van der Waals surface area (Å²) in [5.41, 5.74) is 1.37. The van der Waals surface area contributed by atoms with Crippen LogP contribution in [-0.4, -0.2) is 29.0 Å². The van der Waals surface area contributed by atoms with Crippen molar-refractivity contribution in [1.29, 1.82) is 0 Å². The molecule has 0 fully saturated rings. The molecule has 2 aromatic rings. The predicted octanol–water partition coefficient (Wildman–Crippen LogP) is 2.89. The summed E-state index contributed by atoms with van der Waals surface area (Å²) in [5, 5.41) is 9.09. The molecule has 1 unspecified atom stereocenters. The summed E-state index contributed by atoms with van der Waals surface area (Å²) < 4.78 is 0. The summed E-state index contributed by atoms with van der Waals surface area (Å²) in [6.07, 6.45) is 4.52. The molecule has 0 bridgehead atoms. The number of rotatable bonds is 7. The molecule has 0 aliphatic heterocycles. The van der Waals surface area contributed by atoms with E-state index in [1.165, 1.54) is 0 Å². The number of hydrogen-bond donors (Lipinski definition) is 2. The standard InChI is InChI=1S/C15H20N4OS/c1-3-6-16-12-4-5-13(18-10-12)14(20)19-9-11(2)15-17-7-8-21-15/h4-5,7-8,10-11,16H,3,6,9H2,1-2H3,(H,19,20). The SMILES string of the molecule is CCCNc1ccc(C(=O)NCC(C)c2nccs2)nc1. The molecule has 2 N–H and O–H groups in total. The molecule has 0 spiro atoms. The van der Waals surface area contributed by atoms with Crippen LogP contribution in [0.5, 0.6) is 0 Å². The van der Waals surface area contributed by atoms with Crippen molar-refractivity contribution in [3.05, 3.63) is 40.6 Å². The first kappa shape index (κ1) is 15.4. The molecular formula is C15H20N4OS. The normalized spacial score (nSPS) is 11.9. The maximum Gasteiger partial charge on any atom is 0.269 e. The van der Waals surface area contributed by atoms with Gasteiger partial charge in [0, 0.05) is 30.6 Å². The molecule has 2 aromatic heterocycles. The molecule has 0 aliphatic carbocycles. The third-order valence-corrected chi connectivity index (χ3v) is 4.02. The third kappa shape index (κ3) is 4.53. The molecule has 21 heavy (non-hydrogen) atoms. The minimum absolute atomic E-state index is 0.152. The zero-order valence-electron chi connectivity index (χ0n) is 12.3. The van der Waals surface area contributed by atoms with Crippen LogP contribution < -0.4 is 10.6 Å². The second-order valence-electron chi connectivity index (χ2n) is 4.84. The van der Waals surface area contributed by atoms with E-state index in [0.29, 0.717) is 12.2 Å². The number of hydrogen-bond acceptors (Lipinski definition) is 5. The van der Waals surface area contributed by atoms with E-state index in [1.54, 1.807) is 29.8 Å². The lowest BCUT2D eigenvalue weighted by atomic mass is 10.2. The van der Waals surface area contributed by atoms with Crippen molar-refractivity contribution < 1.29 is 4.79 Å². The molecule has 0 saturated heterocycles. The van der Waals surface area contributed by atoms with Gasteiger partial charge in [-0.2, -0.15) is 0 Å². The predicted molar refractivity (Wildman–Crippen MR) is 85.9 cm³/mol. The fourth-order valence-electron chi connectivity index (χ4n) is 1.80. The quantitative estimate of drug-likeness (QED) is 0.825. The molecule has 2 rings (SSSR count). The summed E-state index contributed by atoms with van der Waals surface area (Å²) in [5.74, 6) is 0.0555. The van der Waals surface area contributed by atoms with Crippen LogP contribution in [0.2, 0.25) is 0 Å². The lowest BCUT2D eigenvalue weighted by Crippen LogP contribution is -2.28. The Bertz CT molecular complexity index is 554. The maximum absolute atomic E-state index is 12.0. The number of amides is 1. The van der Waals surface area contributed by atoms with Gasteiger partial charge in [-0.05, 0) is 18.6 Å². The van der Waals surface area contributed by atoms with E-state index >= 15 is 0 Å². The molecular weight excluding hydrogens is 284 g/mol. The van der Waals surface area contributed by atoms with Crippen LogP contribution in [0.25, 0.3) is 0 Å². The molecule has 1 atom stereocenters. The van der Waals surface area contributed by atoms with Crippen LogP contribution in [0.1, 0.15) is 41.7 Å². The van der Waals surface area contributed by atoms with Crippen molar-refractivity contribution in [3.8, 4) is 0 Å². The van der Waals surface area contributed by atoms with Crippen LogP contribution in [-0.2, 0) is 0 Å². The summed E-state index contributed by atoms with van der Waals surface area (Å²) in [4.78, 5) is 20.5. The molecule has 0 saturated carbocycles. The zero-order chi connectivity index (χ0) is 15.1. The van der Waals surface area contributed by atoms with Crippen molar-refractivity contribution in [3.63, 3.8) is 0 Å². The first-order valence-corrected chi connectivity index (χ1v) is 7.96. The van der Waals surface area contributed by atoms with Crippen molar-refractivity contribution in [2.24, 2.45) is 0 Å². The minimum atomic E-state index is -0.152. The van der Waals surface area contributed by atoms with Crippen molar-refractivity contribution >= 4 is 22.9 Å². The van der Waals surface area contributed by atoms with E-state index in [-0.39, 0.29) is 11.8 Å². The van der Waals surface area contributed by atoms with Gasteiger partial charge in [-0.1, -0.05) is 13.8 Å². The van der Waals surface area contributed by atoms with Crippen LogP contribution in [0.3, 0.4) is 0 Å². The van der Waals surface area contributed by atoms with Gasteiger partial charge in [-0.15, -0.1) is 11.3 Å².